The van der Waals surface area contributed by atoms with Gasteiger partial charge in [-0.3, -0.25) is 0 Å². The lowest BCUT2D eigenvalue weighted by Crippen LogP contribution is -2.37. The van der Waals surface area contributed by atoms with E-state index in [1.165, 1.54) is 97.4 Å². The summed E-state index contributed by atoms with van der Waals surface area (Å²) in [7, 11) is 0. The van der Waals surface area contributed by atoms with Gasteiger partial charge in [-0.25, -0.2) is 0 Å². The molecule has 1 aliphatic rings. The molecule has 1 rings (SSSR count). The Labute approximate surface area is 133 Å². The first-order valence-electron chi connectivity index (χ1n) is 9.47. The Morgan fingerprint density at radius 2 is 0.714 bits per heavy atom. The summed E-state index contributed by atoms with van der Waals surface area (Å²) in [6, 6.07) is 0. The van der Waals surface area contributed by atoms with Crippen LogP contribution in [0.25, 0.3) is 0 Å². The van der Waals surface area contributed by atoms with Gasteiger partial charge in [-0.15, -0.1) is 0 Å². The Balaban J connectivity index is 2.50. The minimum absolute atomic E-state index is 1.28. The Bertz CT molecular complexity index is 182. The van der Waals surface area contributed by atoms with Crippen LogP contribution >= 0.6 is 0 Å². The van der Waals surface area contributed by atoms with E-state index in [2.05, 4.69) is 35.5 Å². The highest BCUT2D eigenvalue weighted by atomic mass is 15.2. The van der Waals surface area contributed by atoms with Gasteiger partial charge in [0.2, 0.25) is 0 Å². The fraction of sp³-hybridized carbons (Fsp3) is 1.00. The van der Waals surface area contributed by atoms with E-state index in [-0.39, 0.29) is 0 Å². The molecule has 0 unspecified atom stereocenters. The fourth-order valence-corrected chi connectivity index (χ4v) is 3.51. The van der Waals surface area contributed by atoms with Crippen molar-refractivity contribution in [2.24, 2.45) is 0 Å². The van der Waals surface area contributed by atoms with E-state index in [9.17, 15) is 0 Å². The third-order valence-corrected chi connectivity index (χ3v) is 4.47. The SMILES string of the molecule is CCCN1CCCN(CCC)CCCN(CCC)CCC1. The molecule has 21 heavy (non-hydrogen) atoms. The van der Waals surface area contributed by atoms with Crippen molar-refractivity contribution in [3.05, 3.63) is 0 Å². The van der Waals surface area contributed by atoms with E-state index in [0.717, 1.165) is 0 Å². The van der Waals surface area contributed by atoms with E-state index in [1.54, 1.807) is 0 Å². The van der Waals surface area contributed by atoms with Crippen LogP contribution < -0.4 is 0 Å². The molecule has 0 aromatic carbocycles. The van der Waals surface area contributed by atoms with Crippen LogP contribution in [-0.2, 0) is 0 Å². The molecule has 126 valence electrons. The molecular weight excluding hydrogens is 258 g/mol. The summed E-state index contributed by atoms with van der Waals surface area (Å²) in [5, 5.41) is 0. The van der Waals surface area contributed by atoms with Gasteiger partial charge >= 0.3 is 0 Å². The van der Waals surface area contributed by atoms with Crippen molar-refractivity contribution in [1.82, 2.24) is 14.7 Å². The van der Waals surface area contributed by atoms with Crippen LogP contribution in [0.15, 0.2) is 0 Å². The molecule has 0 N–H and O–H groups in total. The molecule has 3 nitrogen and oxygen atoms in total. The third kappa shape index (κ3) is 8.80. The zero-order valence-electron chi connectivity index (χ0n) is 14.9. The first-order valence-corrected chi connectivity index (χ1v) is 9.47. The van der Waals surface area contributed by atoms with Gasteiger partial charge < -0.3 is 14.7 Å². The number of hydrogen-bond acceptors (Lipinski definition) is 3. The molecule has 0 spiro atoms. The summed E-state index contributed by atoms with van der Waals surface area (Å²) < 4.78 is 0. The van der Waals surface area contributed by atoms with Crippen LogP contribution in [0.1, 0.15) is 59.3 Å². The molecular formula is C18H39N3. The molecule has 0 bridgehead atoms. The molecule has 1 heterocycles. The van der Waals surface area contributed by atoms with E-state index >= 15 is 0 Å². The molecule has 0 saturated carbocycles. The second-order valence-corrected chi connectivity index (χ2v) is 6.59. The van der Waals surface area contributed by atoms with Crippen LogP contribution in [0, 0.1) is 0 Å². The third-order valence-electron chi connectivity index (χ3n) is 4.47. The minimum atomic E-state index is 1.28. The van der Waals surface area contributed by atoms with Crippen LogP contribution in [0.3, 0.4) is 0 Å². The molecule has 0 radical (unpaired) electrons. The summed E-state index contributed by atoms with van der Waals surface area (Å²) in [6.45, 7) is 18.5. The molecule has 0 amide bonds. The van der Waals surface area contributed by atoms with Crippen molar-refractivity contribution >= 4 is 0 Å². The Kier molecular flexibility index (Phi) is 11.2. The van der Waals surface area contributed by atoms with E-state index in [4.69, 9.17) is 0 Å². The highest BCUT2D eigenvalue weighted by Gasteiger charge is 2.11. The first kappa shape index (κ1) is 18.9. The lowest BCUT2D eigenvalue weighted by atomic mass is 10.2. The van der Waals surface area contributed by atoms with Gasteiger partial charge in [0.25, 0.3) is 0 Å². The van der Waals surface area contributed by atoms with Gasteiger partial charge in [-0.05, 0) is 97.4 Å². The smallest absolute Gasteiger partial charge is 0.000654 e. The number of hydrogen-bond donors (Lipinski definition) is 0. The average Bonchev–Trinajstić information content (AvgIpc) is 2.45. The van der Waals surface area contributed by atoms with Gasteiger partial charge in [0.15, 0.2) is 0 Å². The van der Waals surface area contributed by atoms with Gasteiger partial charge in [-0.1, -0.05) is 20.8 Å². The first-order chi connectivity index (χ1) is 10.3. The van der Waals surface area contributed by atoms with Gasteiger partial charge in [0, 0.05) is 0 Å². The van der Waals surface area contributed by atoms with Crippen molar-refractivity contribution in [3.63, 3.8) is 0 Å². The van der Waals surface area contributed by atoms with Gasteiger partial charge in [0.05, 0.1) is 0 Å². The van der Waals surface area contributed by atoms with Crippen molar-refractivity contribution in [3.8, 4) is 0 Å². The maximum absolute atomic E-state index is 2.69. The maximum Gasteiger partial charge on any atom is -0.000654 e. The highest BCUT2D eigenvalue weighted by molar-refractivity contribution is 4.67. The standard InChI is InChI=1S/C18H39N3/c1-4-10-19-13-7-15-20(11-5-2)17-9-18-21(12-6-3)16-8-14-19/h4-18H2,1-3H3. The van der Waals surface area contributed by atoms with Crippen molar-refractivity contribution in [2.75, 3.05) is 58.9 Å². The van der Waals surface area contributed by atoms with Crippen molar-refractivity contribution in [2.45, 2.75) is 59.3 Å². The van der Waals surface area contributed by atoms with Crippen molar-refractivity contribution in [1.29, 1.82) is 0 Å². The van der Waals surface area contributed by atoms with Crippen molar-refractivity contribution < 1.29 is 0 Å². The second kappa shape index (κ2) is 12.4. The average molecular weight is 298 g/mol. The van der Waals surface area contributed by atoms with Gasteiger partial charge in [0.1, 0.15) is 0 Å². The van der Waals surface area contributed by atoms with Crippen LogP contribution in [0.2, 0.25) is 0 Å². The Morgan fingerprint density at radius 3 is 0.905 bits per heavy atom. The number of rotatable bonds is 6. The van der Waals surface area contributed by atoms with E-state index in [0.29, 0.717) is 0 Å². The highest BCUT2D eigenvalue weighted by Crippen LogP contribution is 2.05. The molecule has 0 atom stereocenters. The Hall–Kier alpha value is -0.120. The lowest BCUT2D eigenvalue weighted by Gasteiger charge is -2.29. The fourth-order valence-electron chi connectivity index (χ4n) is 3.51. The summed E-state index contributed by atoms with van der Waals surface area (Å²) in [5.41, 5.74) is 0. The second-order valence-electron chi connectivity index (χ2n) is 6.59. The normalized spacial score (nSPS) is 21.9. The van der Waals surface area contributed by atoms with Crippen LogP contribution in [-0.4, -0.2) is 73.6 Å². The molecule has 3 heteroatoms. The van der Waals surface area contributed by atoms with E-state index < -0.39 is 0 Å². The molecule has 0 aliphatic carbocycles. The Morgan fingerprint density at radius 1 is 0.476 bits per heavy atom. The maximum atomic E-state index is 2.69. The molecule has 0 aromatic rings. The molecule has 1 saturated heterocycles. The number of nitrogens with zero attached hydrogens (tertiary/aromatic N) is 3. The largest absolute Gasteiger partial charge is 0.303 e. The van der Waals surface area contributed by atoms with E-state index in [1.807, 2.05) is 0 Å². The molecule has 1 fully saturated rings. The predicted molar refractivity (Wildman–Crippen MR) is 94.0 cm³/mol. The van der Waals surface area contributed by atoms with Gasteiger partial charge in [-0.2, -0.15) is 0 Å². The minimum Gasteiger partial charge on any atom is -0.303 e. The zero-order valence-corrected chi connectivity index (χ0v) is 14.9. The summed E-state index contributed by atoms with van der Waals surface area (Å²) >= 11 is 0. The topological polar surface area (TPSA) is 9.72 Å². The predicted octanol–water partition coefficient (Wildman–Crippen LogP) is 3.31. The van der Waals surface area contributed by atoms with Crippen LogP contribution in [0.4, 0.5) is 0 Å². The summed E-state index contributed by atoms with van der Waals surface area (Å²) in [4.78, 5) is 8.07. The molecule has 0 aromatic heterocycles. The molecule has 1 aliphatic heterocycles. The quantitative estimate of drug-likeness (QED) is 0.745. The lowest BCUT2D eigenvalue weighted by molar-refractivity contribution is 0.182. The zero-order chi connectivity index (χ0) is 15.3. The monoisotopic (exact) mass is 297 g/mol. The summed E-state index contributed by atoms with van der Waals surface area (Å²) in [6.07, 6.45) is 7.90. The van der Waals surface area contributed by atoms with Crippen LogP contribution in [0.5, 0.6) is 0 Å². The summed E-state index contributed by atoms with van der Waals surface area (Å²) in [5.74, 6) is 0.